The topological polar surface area (TPSA) is 58.5 Å². The van der Waals surface area contributed by atoms with Crippen molar-refractivity contribution >= 4 is 45.4 Å². The molecule has 1 aliphatic heterocycles. The van der Waals surface area contributed by atoms with Gasteiger partial charge in [0, 0.05) is 6.54 Å². The molecule has 5 nitrogen and oxygen atoms in total. The van der Waals surface area contributed by atoms with E-state index in [4.69, 9.17) is 0 Å². The van der Waals surface area contributed by atoms with E-state index < -0.39 is 0 Å². The molecule has 0 unspecified atom stereocenters. The molecule has 1 aromatic carbocycles. The molecule has 22 heavy (non-hydrogen) atoms. The van der Waals surface area contributed by atoms with Crippen LogP contribution in [0.25, 0.3) is 6.08 Å². The van der Waals surface area contributed by atoms with Crippen LogP contribution >= 0.6 is 23.1 Å². The van der Waals surface area contributed by atoms with Gasteiger partial charge in [-0.25, -0.2) is 0 Å². The second kappa shape index (κ2) is 6.41. The van der Waals surface area contributed by atoms with Crippen LogP contribution in [0.4, 0.5) is 5.13 Å². The number of benzene rings is 1. The number of hydrogen-bond donors (Lipinski definition) is 0. The summed E-state index contributed by atoms with van der Waals surface area (Å²) in [5.41, 5.74) is 1.00. The molecule has 0 aliphatic carbocycles. The second-order valence-electron chi connectivity index (χ2n) is 4.57. The average molecular weight is 330 g/mol. The Morgan fingerprint density at radius 3 is 2.68 bits per heavy atom. The molecule has 1 saturated heterocycles. The summed E-state index contributed by atoms with van der Waals surface area (Å²) in [4.78, 5) is 19.3. The van der Waals surface area contributed by atoms with Crippen molar-refractivity contribution < 1.29 is 4.79 Å². The van der Waals surface area contributed by atoms with Crippen LogP contribution in [0, 0.1) is 6.92 Å². The molecule has 0 N–H and O–H groups in total. The van der Waals surface area contributed by atoms with Crippen LogP contribution in [0.1, 0.15) is 17.5 Å². The van der Waals surface area contributed by atoms with Crippen LogP contribution in [0.2, 0.25) is 0 Å². The third-order valence-electron chi connectivity index (χ3n) is 3.01. The first-order valence-electron chi connectivity index (χ1n) is 6.82. The molecule has 1 fully saturated rings. The predicted molar refractivity (Wildman–Crippen MR) is 91.1 cm³/mol. The number of nitrogens with zero attached hydrogens (tertiary/aromatic N) is 4. The van der Waals surface area contributed by atoms with Crippen LogP contribution in [-0.4, -0.2) is 32.7 Å². The number of aryl methyl sites for hydroxylation is 1. The molecule has 1 amide bonds. The van der Waals surface area contributed by atoms with Gasteiger partial charge in [-0.05, 0) is 37.2 Å². The summed E-state index contributed by atoms with van der Waals surface area (Å²) >= 11 is 2.79. The van der Waals surface area contributed by atoms with Gasteiger partial charge in [0.2, 0.25) is 5.13 Å². The highest BCUT2D eigenvalue weighted by Crippen LogP contribution is 2.34. The summed E-state index contributed by atoms with van der Waals surface area (Å²) < 4.78 is 0. The third kappa shape index (κ3) is 3.10. The van der Waals surface area contributed by atoms with Crippen LogP contribution in [-0.2, 0) is 4.79 Å². The van der Waals surface area contributed by atoms with E-state index in [9.17, 15) is 4.79 Å². The van der Waals surface area contributed by atoms with Crippen molar-refractivity contribution in [2.75, 3.05) is 6.54 Å². The molecule has 112 valence electrons. The number of carbonyl (C=O) groups excluding carboxylic acids is 1. The lowest BCUT2D eigenvalue weighted by Crippen LogP contribution is -2.28. The molecular weight excluding hydrogens is 316 g/mol. The Bertz CT molecular complexity index is 752. The van der Waals surface area contributed by atoms with Gasteiger partial charge < -0.3 is 0 Å². The predicted octanol–water partition coefficient (Wildman–Crippen LogP) is 3.47. The van der Waals surface area contributed by atoms with Crippen molar-refractivity contribution in [3.63, 3.8) is 0 Å². The van der Waals surface area contributed by atoms with E-state index in [1.807, 2.05) is 50.3 Å². The van der Waals surface area contributed by atoms with Gasteiger partial charge in [-0.1, -0.05) is 41.7 Å². The number of amidine groups is 1. The number of carbonyl (C=O) groups is 1. The number of likely N-dealkylation sites (N-methyl/N-ethyl adjacent to an activating group) is 1. The third-order valence-corrected chi connectivity index (χ3v) is 4.75. The summed E-state index contributed by atoms with van der Waals surface area (Å²) in [6, 6.07) is 9.80. The quantitative estimate of drug-likeness (QED) is 0.809. The van der Waals surface area contributed by atoms with Gasteiger partial charge in [0.1, 0.15) is 5.01 Å². The molecule has 2 aromatic rings. The monoisotopic (exact) mass is 330 g/mol. The summed E-state index contributed by atoms with van der Waals surface area (Å²) in [7, 11) is 0. The first kappa shape index (κ1) is 14.9. The first-order chi connectivity index (χ1) is 10.7. The number of rotatable bonds is 3. The molecule has 0 atom stereocenters. The van der Waals surface area contributed by atoms with E-state index in [0.717, 1.165) is 10.6 Å². The summed E-state index contributed by atoms with van der Waals surface area (Å²) in [5.74, 6) is -0.0173. The zero-order chi connectivity index (χ0) is 15.5. The lowest BCUT2D eigenvalue weighted by atomic mass is 10.2. The minimum Gasteiger partial charge on any atom is -0.287 e. The molecule has 1 aliphatic rings. The SMILES string of the molecule is CCN1C(=O)/C(=C/c2ccccc2)S/C1=N/c1nnc(C)s1. The smallest absolute Gasteiger partial charge is 0.266 e. The minimum absolute atomic E-state index is 0.0173. The minimum atomic E-state index is -0.0173. The van der Waals surface area contributed by atoms with Crippen molar-refractivity contribution in [2.24, 2.45) is 4.99 Å². The summed E-state index contributed by atoms with van der Waals surface area (Å²) in [5, 5.41) is 10.0. The van der Waals surface area contributed by atoms with Crippen LogP contribution in [0.3, 0.4) is 0 Å². The van der Waals surface area contributed by atoms with Gasteiger partial charge in [0.05, 0.1) is 4.91 Å². The van der Waals surface area contributed by atoms with Crippen LogP contribution in [0.15, 0.2) is 40.2 Å². The molecule has 2 heterocycles. The van der Waals surface area contributed by atoms with E-state index in [1.165, 1.54) is 23.1 Å². The van der Waals surface area contributed by atoms with Crippen molar-refractivity contribution in [1.82, 2.24) is 15.1 Å². The first-order valence-corrected chi connectivity index (χ1v) is 8.46. The van der Waals surface area contributed by atoms with E-state index in [-0.39, 0.29) is 5.91 Å². The van der Waals surface area contributed by atoms with E-state index >= 15 is 0 Å². The molecule has 0 radical (unpaired) electrons. The van der Waals surface area contributed by atoms with Gasteiger partial charge in [-0.15, -0.1) is 10.2 Å². The Morgan fingerprint density at radius 1 is 1.27 bits per heavy atom. The average Bonchev–Trinajstić information content (AvgIpc) is 3.05. The standard InChI is InChI=1S/C15H14N4OS2/c1-3-19-13(20)12(9-11-7-5-4-6-8-11)22-15(19)16-14-18-17-10(2)21-14/h4-9H,3H2,1-2H3/b12-9-,16-15+. The van der Waals surface area contributed by atoms with Crippen molar-refractivity contribution in [2.45, 2.75) is 13.8 Å². The fourth-order valence-corrected chi connectivity index (χ4v) is 3.64. The normalized spacial score (nSPS) is 18.6. The van der Waals surface area contributed by atoms with E-state index in [2.05, 4.69) is 15.2 Å². The number of hydrogen-bond acceptors (Lipinski definition) is 6. The van der Waals surface area contributed by atoms with Gasteiger partial charge in [-0.2, -0.15) is 4.99 Å². The lowest BCUT2D eigenvalue weighted by molar-refractivity contribution is -0.122. The Morgan fingerprint density at radius 2 is 2.05 bits per heavy atom. The van der Waals surface area contributed by atoms with E-state index in [1.54, 1.807) is 4.90 Å². The molecule has 3 rings (SSSR count). The number of aliphatic imine (C=N–C) groups is 1. The summed E-state index contributed by atoms with van der Waals surface area (Å²) in [6.45, 7) is 4.39. The molecule has 7 heteroatoms. The van der Waals surface area contributed by atoms with Gasteiger partial charge in [0.15, 0.2) is 5.17 Å². The maximum atomic E-state index is 12.5. The maximum absolute atomic E-state index is 12.5. The van der Waals surface area contributed by atoms with Crippen LogP contribution in [0.5, 0.6) is 0 Å². The molecule has 0 spiro atoms. The fourth-order valence-electron chi connectivity index (χ4n) is 1.98. The number of aromatic nitrogens is 2. The Balaban J connectivity index is 1.92. The highest BCUT2D eigenvalue weighted by molar-refractivity contribution is 8.18. The number of thioether (sulfide) groups is 1. The van der Waals surface area contributed by atoms with Gasteiger partial charge >= 0.3 is 0 Å². The van der Waals surface area contributed by atoms with Crippen molar-refractivity contribution in [1.29, 1.82) is 0 Å². The zero-order valence-electron chi connectivity index (χ0n) is 12.2. The Hall–Kier alpha value is -1.99. The second-order valence-corrected chi connectivity index (χ2v) is 6.74. The molecule has 1 aromatic heterocycles. The zero-order valence-corrected chi connectivity index (χ0v) is 13.8. The van der Waals surface area contributed by atoms with Crippen molar-refractivity contribution in [3.05, 3.63) is 45.8 Å². The Labute approximate surface area is 136 Å². The number of amides is 1. The molecule has 0 bridgehead atoms. The fraction of sp³-hybridized carbons (Fsp3) is 0.200. The van der Waals surface area contributed by atoms with E-state index in [0.29, 0.717) is 21.7 Å². The van der Waals surface area contributed by atoms with Crippen LogP contribution < -0.4 is 0 Å². The van der Waals surface area contributed by atoms with Gasteiger partial charge in [0.25, 0.3) is 5.91 Å². The maximum Gasteiger partial charge on any atom is 0.266 e. The van der Waals surface area contributed by atoms with Crippen molar-refractivity contribution in [3.8, 4) is 0 Å². The highest BCUT2D eigenvalue weighted by atomic mass is 32.2. The Kier molecular flexibility index (Phi) is 4.35. The largest absolute Gasteiger partial charge is 0.287 e. The lowest BCUT2D eigenvalue weighted by Gasteiger charge is -2.11. The van der Waals surface area contributed by atoms with Gasteiger partial charge in [-0.3, -0.25) is 9.69 Å². The highest BCUT2D eigenvalue weighted by Gasteiger charge is 2.32. The molecule has 0 saturated carbocycles. The molecular formula is C15H14N4OS2. The summed E-state index contributed by atoms with van der Waals surface area (Å²) in [6.07, 6.45) is 1.89.